The van der Waals surface area contributed by atoms with Gasteiger partial charge < -0.3 is 21.1 Å². The van der Waals surface area contributed by atoms with E-state index in [1.54, 1.807) is 24.3 Å². The highest BCUT2D eigenvalue weighted by atomic mass is 35.5. The number of H-pyrrole nitrogens is 1. The van der Waals surface area contributed by atoms with Crippen LogP contribution in [0.3, 0.4) is 0 Å². The lowest BCUT2D eigenvalue weighted by Gasteiger charge is -2.18. The Balaban J connectivity index is 1.56. The second-order valence-electron chi connectivity index (χ2n) is 9.01. The molecule has 3 heterocycles. The maximum Gasteiger partial charge on any atom is 0.421 e. The van der Waals surface area contributed by atoms with E-state index >= 15 is 0 Å². The molecular formula is C25H20ClF5N8O. The molecule has 0 bridgehead atoms. The zero-order valence-electron chi connectivity index (χ0n) is 20.3. The fraction of sp³-hybridized carbons (Fsp3) is 0.160. The molecule has 0 saturated heterocycles. The molecule has 0 radical (unpaired) electrons. The van der Waals surface area contributed by atoms with Crippen molar-refractivity contribution in [1.29, 1.82) is 0 Å². The maximum absolute atomic E-state index is 14.9. The Kier molecular flexibility index (Phi) is 6.75. The highest BCUT2D eigenvalue weighted by Gasteiger charge is 2.38. The summed E-state index contributed by atoms with van der Waals surface area (Å²) in [7, 11) is 0. The van der Waals surface area contributed by atoms with Crippen molar-refractivity contribution in [3.8, 4) is 22.4 Å². The number of hydrogen-bond acceptors (Lipinski definition) is 6. The highest BCUT2D eigenvalue weighted by molar-refractivity contribution is 6.31. The number of anilines is 2. The van der Waals surface area contributed by atoms with Crippen LogP contribution in [0.2, 0.25) is 5.02 Å². The van der Waals surface area contributed by atoms with Crippen molar-refractivity contribution in [3.05, 3.63) is 86.7 Å². The molecule has 208 valence electrons. The first-order valence-corrected chi connectivity index (χ1v) is 12.0. The second-order valence-corrected chi connectivity index (χ2v) is 9.44. The third-order valence-electron chi connectivity index (χ3n) is 6.58. The molecule has 0 amide bonds. The lowest BCUT2D eigenvalue weighted by atomic mass is 10.0. The van der Waals surface area contributed by atoms with Crippen LogP contribution in [0.5, 0.6) is 0 Å². The number of rotatable bonds is 5. The van der Waals surface area contributed by atoms with Crippen molar-refractivity contribution in [3.63, 3.8) is 0 Å². The SMILES string of the molecule is N/N=C\N(N)c1ccc(Cl)cc1-c1cc2n(c(=O)c1)C(c1nc(-c3ccc(N)c(C(F)(F)F)c3F)c(F)[nH]1)CC2. The molecule has 9 nitrogen and oxygen atoms in total. The first kappa shape index (κ1) is 27.1. The van der Waals surface area contributed by atoms with Crippen molar-refractivity contribution in [2.75, 3.05) is 10.7 Å². The minimum Gasteiger partial charge on any atom is -0.398 e. The Labute approximate surface area is 227 Å². The van der Waals surface area contributed by atoms with E-state index in [0.717, 1.165) is 17.1 Å². The average Bonchev–Trinajstić information content (AvgIpc) is 3.47. The second kappa shape index (κ2) is 9.95. The normalized spacial score (nSPS) is 15.1. The number of pyridine rings is 1. The summed E-state index contributed by atoms with van der Waals surface area (Å²) in [5.41, 5.74) is 2.97. The Morgan fingerprint density at radius 2 is 1.90 bits per heavy atom. The molecule has 1 unspecified atom stereocenters. The van der Waals surface area contributed by atoms with E-state index in [1.165, 1.54) is 17.0 Å². The molecule has 1 aliphatic heterocycles. The van der Waals surface area contributed by atoms with Gasteiger partial charge in [0.05, 0.1) is 11.7 Å². The van der Waals surface area contributed by atoms with E-state index in [2.05, 4.69) is 15.1 Å². The van der Waals surface area contributed by atoms with E-state index in [-0.39, 0.29) is 5.82 Å². The van der Waals surface area contributed by atoms with Crippen LogP contribution in [0.1, 0.15) is 29.5 Å². The quantitative estimate of drug-likeness (QED) is 0.0683. The molecule has 15 heteroatoms. The lowest BCUT2D eigenvalue weighted by Crippen LogP contribution is -2.30. The molecule has 0 fully saturated rings. The monoisotopic (exact) mass is 578 g/mol. The van der Waals surface area contributed by atoms with Gasteiger partial charge >= 0.3 is 6.18 Å². The molecule has 5 rings (SSSR count). The van der Waals surface area contributed by atoms with Crippen LogP contribution in [-0.2, 0) is 12.6 Å². The van der Waals surface area contributed by atoms with Gasteiger partial charge in [0, 0.05) is 33.6 Å². The smallest absolute Gasteiger partial charge is 0.398 e. The number of nitrogens with two attached hydrogens (primary N) is 3. The number of fused-ring (bicyclic) bond motifs is 1. The number of hydrogen-bond donors (Lipinski definition) is 4. The third-order valence-corrected chi connectivity index (χ3v) is 6.81. The molecule has 1 atom stereocenters. The number of halogens is 6. The van der Waals surface area contributed by atoms with Gasteiger partial charge in [-0.25, -0.2) is 15.2 Å². The van der Waals surface area contributed by atoms with Crippen molar-refractivity contribution < 1.29 is 22.0 Å². The molecule has 0 spiro atoms. The maximum atomic E-state index is 14.9. The van der Waals surface area contributed by atoms with E-state index in [0.29, 0.717) is 40.4 Å². The number of benzene rings is 2. The Morgan fingerprint density at radius 1 is 1.15 bits per heavy atom. The topological polar surface area (TPSA) is 144 Å². The Bertz CT molecular complexity index is 1710. The number of nitrogen functional groups attached to an aromatic ring is 1. The average molecular weight is 579 g/mol. The fourth-order valence-electron chi connectivity index (χ4n) is 4.88. The number of hydrazone groups is 1. The minimum atomic E-state index is -5.10. The van der Waals surface area contributed by atoms with Gasteiger partial charge in [-0.1, -0.05) is 11.6 Å². The number of hydrazine groups is 1. The van der Waals surface area contributed by atoms with Crippen molar-refractivity contribution >= 4 is 29.3 Å². The van der Waals surface area contributed by atoms with Crippen molar-refractivity contribution in [2.24, 2.45) is 16.8 Å². The van der Waals surface area contributed by atoms with Gasteiger partial charge in [0.1, 0.15) is 29.2 Å². The molecule has 4 aromatic rings. The van der Waals surface area contributed by atoms with Gasteiger partial charge in [0.15, 0.2) is 0 Å². The third kappa shape index (κ3) is 4.64. The van der Waals surface area contributed by atoms with Gasteiger partial charge in [0.25, 0.3) is 5.56 Å². The number of imidazole rings is 1. The number of alkyl halides is 3. The van der Waals surface area contributed by atoms with Gasteiger partial charge in [-0.15, -0.1) is 0 Å². The zero-order valence-corrected chi connectivity index (χ0v) is 21.1. The Hall–Kier alpha value is -4.43. The fourth-order valence-corrected chi connectivity index (χ4v) is 5.05. The van der Waals surface area contributed by atoms with Crippen molar-refractivity contribution in [1.82, 2.24) is 14.5 Å². The Morgan fingerprint density at radius 3 is 2.60 bits per heavy atom. The molecule has 2 aromatic carbocycles. The first-order chi connectivity index (χ1) is 18.9. The summed E-state index contributed by atoms with van der Waals surface area (Å²) in [6.07, 6.45) is -3.23. The lowest BCUT2D eigenvalue weighted by molar-refractivity contribution is -0.139. The predicted octanol–water partition coefficient (Wildman–Crippen LogP) is 4.56. The van der Waals surface area contributed by atoms with Crippen molar-refractivity contribution in [2.45, 2.75) is 25.1 Å². The molecule has 0 aliphatic carbocycles. The summed E-state index contributed by atoms with van der Waals surface area (Å²) >= 11 is 6.19. The molecule has 2 aromatic heterocycles. The molecule has 0 saturated carbocycles. The van der Waals surface area contributed by atoms with Crippen LogP contribution in [0.15, 0.2) is 52.4 Å². The van der Waals surface area contributed by atoms with Crippen LogP contribution in [0.4, 0.5) is 33.3 Å². The van der Waals surface area contributed by atoms with Gasteiger partial charge in [-0.05, 0) is 54.8 Å². The number of aromatic nitrogens is 3. The molecule has 7 N–H and O–H groups in total. The van der Waals surface area contributed by atoms with Crippen LogP contribution < -0.4 is 28.0 Å². The van der Waals surface area contributed by atoms with Gasteiger partial charge in [-0.3, -0.25) is 9.80 Å². The molecule has 40 heavy (non-hydrogen) atoms. The number of nitrogens with one attached hydrogen (secondary N) is 1. The first-order valence-electron chi connectivity index (χ1n) is 11.6. The van der Waals surface area contributed by atoms with Crippen LogP contribution in [0.25, 0.3) is 22.4 Å². The summed E-state index contributed by atoms with van der Waals surface area (Å²) in [5.74, 6) is 8.24. The predicted molar refractivity (Wildman–Crippen MR) is 140 cm³/mol. The van der Waals surface area contributed by atoms with Crippen LogP contribution >= 0.6 is 11.6 Å². The highest BCUT2D eigenvalue weighted by Crippen LogP contribution is 2.40. The van der Waals surface area contributed by atoms with E-state index in [9.17, 15) is 26.7 Å². The van der Waals surface area contributed by atoms with Crippen LogP contribution in [-0.4, -0.2) is 20.9 Å². The number of nitrogens with zero attached hydrogens (tertiary/aromatic N) is 4. The van der Waals surface area contributed by atoms with E-state index < -0.39 is 52.1 Å². The zero-order chi connectivity index (χ0) is 28.9. The summed E-state index contributed by atoms with van der Waals surface area (Å²) in [5, 5.41) is 4.94. The standard InChI is InChI=1S/C25H20ClF5N8O/c26-12-1-5-17(38(34)10-35-33)15(9-12)11-7-13-2-6-18(39(13)19(40)8-11)24-36-22(23(28)37-24)14-3-4-16(32)20(21(14)27)25(29,30)31/h1,3-5,7-10,18H,2,6,32-34H2,(H,36,37)/b35-10-. The summed E-state index contributed by atoms with van der Waals surface area (Å²) in [6.45, 7) is 0. The van der Waals surface area contributed by atoms with Crippen LogP contribution in [0, 0.1) is 11.8 Å². The number of aryl methyl sites for hydroxylation is 1. The summed E-state index contributed by atoms with van der Waals surface area (Å²) in [6, 6.07) is 8.88. The van der Waals surface area contributed by atoms with Gasteiger partial charge in [-0.2, -0.15) is 22.7 Å². The number of aromatic amines is 1. The largest absolute Gasteiger partial charge is 0.421 e. The molecular weight excluding hydrogens is 559 g/mol. The summed E-state index contributed by atoms with van der Waals surface area (Å²) < 4.78 is 71.2. The minimum absolute atomic E-state index is 0.0541. The molecule has 1 aliphatic rings. The van der Waals surface area contributed by atoms with Gasteiger partial charge in [0.2, 0.25) is 5.95 Å². The van der Waals surface area contributed by atoms with E-state index in [1.807, 2.05) is 0 Å². The van der Waals surface area contributed by atoms with E-state index in [4.69, 9.17) is 29.0 Å². The summed E-state index contributed by atoms with van der Waals surface area (Å²) in [4.78, 5) is 19.7.